The highest BCUT2D eigenvalue weighted by Gasteiger charge is 2.06. The fourth-order valence-corrected chi connectivity index (χ4v) is 0.821. The van der Waals surface area contributed by atoms with Gasteiger partial charge >= 0.3 is 0 Å². The SMILES string of the molecule is Cc1ccoc1C(=O)S. The molecule has 0 unspecified atom stereocenters. The van der Waals surface area contributed by atoms with Crippen LogP contribution in [0.3, 0.4) is 0 Å². The van der Waals surface area contributed by atoms with E-state index in [0.717, 1.165) is 5.56 Å². The van der Waals surface area contributed by atoms with Gasteiger partial charge in [-0.2, -0.15) is 0 Å². The van der Waals surface area contributed by atoms with Crippen LogP contribution in [0.25, 0.3) is 0 Å². The molecule has 0 spiro atoms. The van der Waals surface area contributed by atoms with Gasteiger partial charge < -0.3 is 4.42 Å². The Morgan fingerprint density at radius 3 is 2.67 bits per heavy atom. The van der Waals surface area contributed by atoms with E-state index in [1.807, 2.05) is 0 Å². The van der Waals surface area contributed by atoms with Crippen molar-refractivity contribution >= 4 is 17.7 Å². The lowest BCUT2D eigenvalue weighted by Crippen LogP contribution is -1.86. The van der Waals surface area contributed by atoms with E-state index in [0.29, 0.717) is 5.76 Å². The van der Waals surface area contributed by atoms with Crippen molar-refractivity contribution in [2.24, 2.45) is 0 Å². The number of carbonyl (C=O) groups is 1. The third-order valence-corrected chi connectivity index (χ3v) is 1.26. The molecule has 3 heteroatoms. The maximum atomic E-state index is 10.5. The van der Waals surface area contributed by atoms with Gasteiger partial charge in [-0.05, 0) is 18.6 Å². The van der Waals surface area contributed by atoms with Crippen LogP contribution in [0.4, 0.5) is 0 Å². The lowest BCUT2D eigenvalue weighted by Gasteiger charge is -1.85. The van der Waals surface area contributed by atoms with Gasteiger partial charge in [-0.15, -0.1) is 0 Å². The Kier molecular flexibility index (Phi) is 1.62. The molecule has 9 heavy (non-hydrogen) atoms. The van der Waals surface area contributed by atoms with Gasteiger partial charge in [-0.25, -0.2) is 0 Å². The molecule has 1 rings (SSSR count). The molecular formula is C6H6O2S. The molecule has 48 valence electrons. The second-order valence-corrected chi connectivity index (χ2v) is 2.14. The molecule has 0 aliphatic carbocycles. The first-order valence-corrected chi connectivity index (χ1v) is 2.94. The minimum Gasteiger partial charge on any atom is -0.460 e. The zero-order chi connectivity index (χ0) is 6.85. The Balaban J connectivity index is 3.08. The standard InChI is InChI=1S/C6H6O2S/c1-4-2-3-8-5(4)6(7)9/h2-3H,1H3,(H,7,9). The van der Waals surface area contributed by atoms with Gasteiger partial charge in [0, 0.05) is 0 Å². The summed E-state index contributed by atoms with van der Waals surface area (Å²) in [5.74, 6) is 0.332. The van der Waals surface area contributed by atoms with Crippen molar-refractivity contribution in [2.45, 2.75) is 6.92 Å². The highest BCUT2D eigenvalue weighted by atomic mass is 32.1. The van der Waals surface area contributed by atoms with Gasteiger partial charge in [-0.3, -0.25) is 4.79 Å². The molecule has 0 saturated carbocycles. The van der Waals surface area contributed by atoms with Crippen molar-refractivity contribution in [3.8, 4) is 0 Å². The van der Waals surface area contributed by atoms with Crippen molar-refractivity contribution in [3.05, 3.63) is 23.7 Å². The van der Waals surface area contributed by atoms with E-state index >= 15 is 0 Å². The normalized spacial score (nSPS) is 9.56. The fourth-order valence-electron chi connectivity index (χ4n) is 0.592. The minimum atomic E-state index is -0.322. The molecule has 0 amide bonds. The zero-order valence-electron chi connectivity index (χ0n) is 4.92. The second kappa shape index (κ2) is 2.27. The third kappa shape index (κ3) is 1.16. The van der Waals surface area contributed by atoms with Crippen molar-refractivity contribution in [2.75, 3.05) is 0 Å². The monoisotopic (exact) mass is 142 g/mol. The van der Waals surface area contributed by atoms with Crippen LogP contribution in [0, 0.1) is 6.92 Å². The molecule has 0 fully saturated rings. The summed E-state index contributed by atoms with van der Waals surface area (Å²) in [5, 5.41) is -0.322. The summed E-state index contributed by atoms with van der Waals surface area (Å²) in [4.78, 5) is 10.5. The minimum absolute atomic E-state index is 0.322. The van der Waals surface area contributed by atoms with Crippen LogP contribution in [0.1, 0.15) is 16.1 Å². The summed E-state index contributed by atoms with van der Waals surface area (Å²) >= 11 is 3.59. The summed E-state index contributed by atoms with van der Waals surface area (Å²) in [7, 11) is 0. The summed E-state index contributed by atoms with van der Waals surface area (Å²) in [6.07, 6.45) is 1.47. The van der Waals surface area contributed by atoms with E-state index in [2.05, 4.69) is 12.6 Å². The lowest BCUT2D eigenvalue weighted by molar-refractivity contribution is 0.106. The van der Waals surface area contributed by atoms with Crippen molar-refractivity contribution < 1.29 is 9.21 Å². The first kappa shape index (κ1) is 6.42. The van der Waals surface area contributed by atoms with Gasteiger partial charge in [0.25, 0.3) is 5.12 Å². The van der Waals surface area contributed by atoms with Crippen LogP contribution in [-0.2, 0) is 0 Å². The van der Waals surface area contributed by atoms with Crippen LogP contribution in [-0.4, -0.2) is 5.12 Å². The highest BCUT2D eigenvalue weighted by molar-refractivity contribution is 7.97. The van der Waals surface area contributed by atoms with Gasteiger partial charge in [0.15, 0.2) is 5.76 Å². The molecule has 0 saturated heterocycles. The van der Waals surface area contributed by atoms with Crippen LogP contribution in [0.5, 0.6) is 0 Å². The number of hydrogen-bond acceptors (Lipinski definition) is 2. The zero-order valence-corrected chi connectivity index (χ0v) is 5.81. The van der Waals surface area contributed by atoms with Gasteiger partial charge in [0.05, 0.1) is 6.26 Å². The molecule has 1 heterocycles. The third-order valence-electron chi connectivity index (χ3n) is 1.06. The Hall–Kier alpha value is -0.700. The smallest absolute Gasteiger partial charge is 0.251 e. The molecule has 0 aliphatic heterocycles. The molecule has 0 radical (unpaired) electrons. The quantitative estimate of drug-likeness (QED) is 0.604. The average molecular weight is 142 g/mol. The van der Waals surface area contributed by atoms with Gasteiger partial charge in [0.1, 0.15) is 0 Å². The van der Waals surface area contributed by atoms with Crippen LogP contribution in [0.15, 0.2) is 16.7 Å². The number of furan rings is 1. The van der Waals surface area contributed by atoms with Crippen LogP contribution < -0.4 is 0 Å². The Morgan fingerprint density at radius 2 is 2.44 bits per heavy atom. The van der Waals surface area contributed by atoms with E-state index in [4.69, 9.17) is 4.42 Å². The largest absolute Gasteiger partial charge is 0.460 e. The number of hydrogen-bond donors (Lipinski definition) is 1. The van der Waals surface area contributed by atoms with E-state index in [1.54, 1.807) is 13.0 Å². The van der Waals surface area contributed by atoms with Gasteiger partial charge in [0.2, 0.25) is 0 Å². The summed E-state index contributed by atoms with van der Waals surface area (Å²) < 4.78 is 4.80. The molecule has 0 bridgehead atoms. The Bertz CT molecular complexity index is 227. The summed E-state index contributed by atoms with van der Waals surface area (Å²) in [6, 6.07) is 1.73. The van der Waals surface area contributed by atoms with Crippen LogP contribution >= 0.6 is 12.6 Å². The maximum Gasteiger partial charge on any atom is 0.251 e. The van der Waals surface area contributed by atoms with Crippen molar-refractivity contribution in [3.63, 3.8) is 0 Å². The van der Waals surface area contributed by atoms with E-state index in [9.17, 15) is 4.79 Å². The summed E-state index contributed by atoms with van der Waals surface area (Å²) in [5.41, 5.74) is 0.829. The molecule has 0 aromatic carbocycles. The van der Waals surface area contributed by atoms with E-state index < -0.39 is 0 Å². The fraction of sp³-hybridized carbons (Fsp3) is 0.167. The number of aryl methyl sites for hydroxylation is 1. The molecule has 1 aromatic rings. The Labute approximate surface area is 58.3 Å². The van der Waals surface area contributed by atoms with Gasteiger partial charge in [-0.1, -0.05) is 12.6 Å². The number of rotatable bonds is 1. The van der Waals surface area contributed by atoms with Crippen molar-refractivity contribution in [1.82, 2.24) is 0 Å². The predicted molar refractivity (Wildman–Crippen MR) is 36.8 cm³/mol. The topological polar surface area (TPSA) is 30.2 Å². The predicted octanol–water partition coefficient (Wildman–Crippen LogP) is 1.66. The molecule has 0 N–H and O–H groups in total. The molecule has 0 aliphatic rings. The summed E-state index contributed by atoms with van der Waals surface area (Å²) in [6.45, 7) is 1.80. The first-order valence-electron chi connectivity index (χ1n) is 2.49. The maximum absolute atomic E-state index is 10.5. The Morgan fingerprint density at radius 1 is 1.78 bits per heavy atom. The number of carbonyl (C=O) groups excluding carboxylic acids is 1. The van der Waals surface area contributed by atoms with Crippen LogP contribution in [0.2, 0.25) is 0 Å². The lowest BCUT2D eigenvalue weighted by atomic mass is 10.3. The second-order valence-electron chi connectivity index (χ2n) is 1.74. The van der Waals surface area contributed by atoms with E-state index in [1.165, 1.54) is 6.26 Å². The van der Waals surface area contributed by atoms with E-state index in [-0.39, 0.29) is 5.12 Å². The van der Waals surface area contributed by atoms with Crippen molar-refractivity contribution in [1.29, 1.82) is 0 Å². The number of thiol groups is 1. The molecule has 0 atom stereocenters. The first-order chi connectivity index (χ1) is 4.22. The molecule has 2 nitrogen and oxygen atoms in total. The molecular weight excluding hydrogens is 136 g/mol. The highest BCUT2D eigenvalue weighted by Crippen LogP contribution is 2.10. The average Bonchev–Trinajstić information content (AvgIpc) is 2.13. The molecule has 1 aromatic heterocycles.